The first kappa shape index (κ1) is 16.2. The fourth-order valence-electron chi connectivity index (χ4n) is 1.66. The normalized spacial score (nSPS) is 9.78. The summed E-state index contributed by atoms with van der Waals surface area (Å²) in [5.74, 6) is -2.94. The number of hydrazine groups is 1. The SMILES string of the molecule is O=C(COC(=O)c1ccccc1)NNC(=O)c1ccccc1F. The first-order valence-corrected chi connectivity index (χ1v) is 6.64. The van der Waals surface area contributed by atoms with Crippen LogP contribution in [0.1, 0.15) is 20.7 Å². The van der Waals surface area contributed by atoms with Crippen LogP contribution in [0, 0.1) is 5.82 Å². The molecule has 0 bridgehead atoms. The molecule has 2 aromatic carbocycles. The van der Waals surface area contributed by atoms with Gasteiger partial charge in [0, 0.05) is 0 Å². The van der Waals surface area contributed by atoms with Gasteiger partial charge >= 0.3 is 5.97 Å². The highest BCUT2D eigenvalue weighted by molar-refractivity contribution is 5.96. The van der Waals surface area contributed by atoms with Gasteiger partial charge in [0.1, 0.15) is 5.82 Å². The van der Waals surface area contributed by atoms with Crippen LogP contribution in [0.15, 0.2) is 54.6 Å². The van der Waals surface area contributed by atoms with E-state index in [2.05, 4.69) is 0 Å². The maximum Gasteiger partial charge on any atom is 0.338 e. The molecule has 0 spiro atoms. The molecular weight excluding hydrogens is 303 g/mol. The average molecular weight is 316 g/mol. The Hall–Kier alpha value is -3.22. The highest BCUT2D eigenvalue weighted by atomic mass is 19.1. The van der Waals surface area contributed by atoms with E-state index in [0.29, 0.717) is 5.56 Å². The number of hydrogen-bond donors (Lipinski definition) is 2. The van der Waals surface area contributed by atoms with Crippen molar-refractivity contribution in [3.05, 3.63) is 71.5 Å². The summed E-state index contributed by atoms with van der Waals surface area (Å²) in [4.78, 5) is 34.8. The Morgan fingerprint density at radius 2 is 1.57 bits per heavy atom. The summed E-state index contributed by atoms with van der Waals surface area (Å²) in [5, 5.41) is 0. The van der Waals surface area contributed by atoms with Crippen molar-refractivity contribution >= 4 is 17.8 Å². The van der Waals surface area contributed by atoms with Gasteiger partial charge < -0.3 is 4.74 Å². The van der Waals surface area contributed by atoms with E-state index in [1.54, 1.807) is 30.3 Å². The van der Waals surface area contributed by atoms with Gasteiger partial charge in [-0.1, -0.05) is 30.3 Å². The number of hydrogen-bond acceptors (Lipinski definition) is 4. The van der Waals surface area contributed by atoms with Gasteiger partial charge in [-0.25, -0.2) is 9.18 Å². The molecular formula is C16H13FN2O4. The number of amides is 2. The largest absolute Gasteiger partial charge is 0.452 e. The third-order valence-corrected chi connectivity index (χ3v) is 2.78. The minimum atomic E-state index is -0.814. The minimum Gasteiger partial charge on any atom is -0.452 e. The van der Waals surface area contributed by atoms with Gasteiger partial charge in [0.25, 0.3) is 11.8 Å². The molecule has 0 heterocycles. The Labute approximate surface area is 131 Å². The summed E-state index contributed by atoms with van der Waals surface area (Å²) in [7, 11) is 0. The summed E-state index contributed by atoms with van der Waals surface area (Å²) >= 11 is 0. The monoisotopic (exact) mass is 316 g/mol. The van der Waals surface area contributed by atoms with Crippen molar-refractivity contribution in [2.75, 3.05) is 6.61 Å². The first-order valence-electron chi connectivity index (χ1n) is 6.64. The van der Waals surface area contributed by atoms with Crippen LogP contribution in [0.25, 0.3) is 0 Å². The topological polar surface area (TPSA) is 84.5 Å². The predicted molar refractivity (Wildman–Crippen MR) is 78.7 cm³/mol. The van der Waals surface area contributed by atoms with Crippen molar-refractivity contribution in [1.29, 1.82) is 0 Å². The highest BCUT2D eigenvalue weighted by Crippen LogP contribution is 2.05. The van der Waals surface area contributed by atoms with E-state index in [4.69, 9.17) is 4.74 Å². The Bertz CT molecular complexity index is 719. The number of halogens is 1. The van der Waals surface area contributed by atoms with Crippen LogP contribution in [0.4, 0.5) is 4.39 Å². The standard InChI is InChI=1S/C16H13FN2O4/c17-13-9-5-4-8-12(13)15(21)19-18-14(20)10-23-16(22)11-6-2-1-3-7-11/h1-9H,10H2,(H,18,20)(H,19,21). The summed E-state index contributed by atoms with van der Waals surface area (Å²) in [6.07, 6.45) is 0. The second-order valence-electron chi connectivity index (χ2n) is 4.42. The van der Waals surface area contributed by atoms with Gasteiger partial charge in [-0.15, -0.1) is 0 Å². The van der Waals surface area contributed by atoms with Crippen LogP contribution in [0.3, 0.4) is 0 Å². The van der Waals surface area contributed by atoms with E-state index in [1.165, 1.54) is 18.2 Å². The van der Waals surface area contributed by atoms with Gasteiger partial charge in [-0.05, 0) is 24.3 Å². The molecule has 0 saturated carbocycles. The van der Waals surface area contributed by atoms with Crippen LogP contribution in [0.2, 0.25) is 0 Å². The molecule has 0 saturated heterocycles. The number of rotatable bonds is 4. The number of carbonyl (C=O) groups excluding carboxylic acids is 3. The molecule has 2 rings (SSSR count). The van der Waals surface area contributed by atoms with Crippen molar-refractivity contribution in [2.45, 2.75) is 0 Å². The molecule has 118 valence electrons. The molecule has 0 atom stereocenters. The summed E-state index contributed by atoms with van der Waals surface area (Å²) in [5.41, 5.74) is 4.15. The Kier molecular flexibility index (Phi) is 5.40. The van der Waals surface area contributed by atoms with Crippen LogP contribution >= 0.6 is 0 Å². The van der Waals surface area contributed by atoms with Crippen LogP contribution in [0.5, 0.6) is 0 Å². The van der Waals surface area contributed by atoms with Crippen LogP contribution in [-0.4, -0.2) is 24.4 Å². The van der Waals surface area contributed by atoms with E-state index in [-0.39, 0.29) is 5.56 Å². The molecule has 6 nitrogen and oxygen atoms in total. The van der Waals surface area contributed by atoms with Crippen molar-refractivity contribution in [3.8, 4) is 0 Å². The lowest BCUT2D eigenvalue weighted by Gasteiger charge is -2.08. The lowest BCUT2D eigenvalue weighted by molar-refractivity contribution is -0.125. The maximum atomic E-state index is 13.4. The zero-order valence-corrected chi connectivity index (χ0v) is 11.9. The van der Waals surface area contributed by atoms with Gasteiger partial charge in [0.15, 0.2) is 6.61 Å². The quantitative estimate of drug-likeness (QED) is 0.660. The number of carbonyl (C=O) groups is 3. The van der Waals surface area contributed by atoms with Crippen molar-refractivity contribution in [2.24, 2.45) is 0 Å². The smallest absolute Gasteiger partial charge is 0.338 e. The first-order chi connectivity index (χ1) is 11.1. The molecule has 0 aliphatic carbocycles. The second kappa shape index (κ2) is 7.69. The van der Waals surface area contributed by atoms with E-state index in [1.807, 2.05) is 10.9 Å². The Morgan fingerprint density at radius 1 is 0.913 bits per heavy atom. The van der Waals surface area contributed by atoms with E-state index in [9.17, 15) is 18.8 Å². The summed E-state index contributed by atoms with van der Waals surface area (Å²) in [6.45, 7) is -0.578. The van der Waals surface area contributed by atoms with Gasteiger partial charge in [0.05, 0.1) is 11.1 Å². The second-order valence-corrected chi connectivity index (χ2v) is 4.42. The van der Waals surface area contributed by atoms with E-state index in [0.717, 1.165) is 6.07 Å². The molecule has 0 aliphatic heterocycles. The lowest BCUT2D eigenvalue weighted by atomic mass is 10.2. The molecule has 23 heavy (non-hydrogen) atoms. The summed E-state index contributed by atoms with van der Waals surface area (Å²) < 4.78 is 18.1. The molecule has 0 aliphatic rings. The van der Waals surface area contributed by atoms with E-state index >= 15 is 0 Å². The number of ether oxygens (including phenoxy) is 1. The third-order valence-electron chi connectivity index (χ3n) is 2.78. The molecule has 0 radical (unpaired) electrons. The fraction of sp³-hybridized carbons (Fsp3) is 0.0625. The minimum absolute atomic E-state index is 0.214. The Balaban J connectivity index is 1.78. The van der Waals surface area contributed by atoms with Gasteiger partial charge in [-0.3, -0.25) is 20.4 Å². The summed E-state index contributed by atoms with van der Waals surface area (Å²) in [6, 6.07) is 13.5. The van der Waals surface area contributed by atoms with Crippen LogP contribution in [-0.2, 0) is 9.53 Å². The third kappa shape index (κ3) is 4.63. The molecule has 0 fully saturated rings. The molecule has 7 heteroatoms. The van der Waals surface area contributed by atoms with Crippen molar-refractivity contribution in [3.63, 3.8) is 0 Å². The zero-order chi connectivity index (χ0) is 16.7. The molecule has 0 unspecified atom stereocenters. The maximum absolute atomic E-state index is 13.4. The number of nitrogens with one attached hydrogen (secondary N) is 2. The number of esters is 1. The number of benzene rings is 2. The molecule has 0 aromatic heterocycles. The Morgan fingerprint density at radius 3 is 2.26 bits per heavy atom. The highest BCUT2D eigenvalue weighted by Gasteiger charge is 2.13. The van der Waals surface area contributed by atoms with Gasteiger partial charge in [0.2, 0.25) is 0 Å². The average Bonchev–Trinajstić information content (AvgIpc) is 2.58. The fourth-order valence-corrected chi connectivity index (χ4v) is 1.66. The van der Waals surface area contributed by atoms with E-state index < -0.39 is 30.2 Å². The predicted octanol–water partition coefficient (Wildman–Crippen LogP) is 1.44. The van der Waals surface area contributed by atoms with Crippen LogP contribution < -0.4 is 10.9 Å². The molecule has 2 amide bonds. The molecule has 2 N–H and O–H groups in total. The van der Waals surface area contributed by atoms with Crippen molar-refractivity contribution < 1.29 is 23.5 Å². The lowest BCUT2D eigenvalue weighted by Crippen LogP contribution is -2.43. The zero-order valence-electron chi connectivity index (χ0n) is 11.9. The molecule has 2 aromatic rings. The van der Waals surface area contributed by atoms with Crippen molar-refractivity contribution in [1.82, 2.24) is 10.9 Å². The van der Waals surface area contributed by atoms with Gasteiger partial charge in [-0.2, -0.15) is 0 Å².